The number of carbonyl (C=O) groups is 1. The van der Waals surface area contributed by atoms with Gasteiger partial charge in [0.15, 0.2) is 9.84 Å². The van der Waals surface area contributed by atoms with Gasteiger partial charge in [-0.2, -0.15) is 0 Å². The molecule has 0 saturated heterocycles. The highest BCUT2D eigenvalue weighted by Crippen LogP contribution is 2.04. The Bertz CT molecular complexity index is 266. The molecule has 0 aromatic carbocycles. The van der Waals surface area contributed by atoms with E-state index in [0.717, 1.165) is 0 Å². The Morgan fingerprint density at radius 2 is 2.00 bits per heavy atom. The molecule has 0 aliphatic rings. The molecule has 5 heteroatoms. The first-order chi connectivity index (χ1) is 4.91. The molecule has 0 atom stereocenters. The molecule has 11 heavy (non-hydrogen) atoms. The lowest BCUT2D eigenvalue weighted by Crippen LogP contribution is -2.21. The molecule has 0 aromatic rings. The summed E-state index contributed by atoms with van der Waals surface area (Å²) in [5.74, 6) is -1.05. The summed E-state index contributed by atoms with van der Waals surface area (Å²) in [4.78, 5) is 9.86. The molecule has 0 radical (unpaired) electrons. The first kappa shape index (κ1) is 10.2. The quantitative estimate of drug-likeness (QED) is 0.604. The molecule has 0 bridgehead atoms. The average Bonchev–Trinajstić information content (AvgIpc) is 1.86. The minimum Gasteiger partial charge on any atom is -0.365 e. The number of primary amides is 1. The molecule has 0 heterocycles. The molecule has 0 fully saturated rings. The van der Waals surface area contributed by atoms with Gasteiger partial charge < -0.3 is 5.73 Å². The lowest BCUT2D eigenvalue weighted by Gasteiger charge is -2.00. The van der Waals surface area contributed by atoms with Crippen LogP contribution in [0.2, 0.25) is 0 Å². The van der Waals surface area contributed by atoms with Crippen LogP contribution in [-0.2, 0) is 14.6 Å². The van der Waals surface area contributed by atoms with E-state index in [9.17, 15) is 13.2 Å². The van der Waals surface area contributed by atoms with Crippen LogP contribution in [0.25, 0.3) is 0 Å². The summed E-state index contributed by atoms with van der Waals surface area (Å²) in [6.45, 7) is 4.78. The average molecular weight is 177 g/mol. The summed E-state index contributed by atoms with van der Waals surface area (Å²) < 4.78 is 21.9. The van der Waals surface area contributed by atoms with Gasteiger partial charge >= 0.3 is 0 Å². The molecular formula is C6H11NO3S. The number of amides is 1. The summed E-state index contributed by atoms with van der Waals surface area (Å²) in [5, 5.41) is 0. The van der Waals surface area contributed by atoms with Crippen LogP contribution >= 0.6 is 0 Å². The van der Waals surface area contributed by atoms with Gasteiger partial charge in [-0.3, -0.25) is 4.79 Å². The highest BCUT2D eigenvalue weighted by atomic mass is 32.2. The second-order valence-electron chi connectivity index (χ2n) is 2.11. The van der Waals surface area contributed by atoms with Crippen molar-refractivity contribution in [2.45, 2.75) is 13.3 Å². The predicted octanol–water partition coefficient (Wildman–Crippen LogP) is -0.190. The zero-order valence-electron chi connectivity index (χ0n) is 6.33. The number of hydrogen-bond acceptors (Lipinski definition) is 3. The van der Waals surface area contributed by atoms with E-state index in [1.54, 1.807) is 6.92 Å². The molecule has 4 nitrogen and oxygen atoms in total. The Kier molecular flexibility index (Phi) is 3.25. The first-order valence-corrected chi connectivity index (χ1v) is 4.78. The van der Waals surface area contributed by atoms with Crippen molar-refractivity contribution in [1.82, 2.24) is 0 Å². The Morgan fingerprint density at radius 3 is 2.27 bits per heavy atom. The zero-order valence-corrected chi connectivity index (χ0v) is 7.15. The highest BCUT2D eigenvalue weighted by Gasteiger charge is 2.18. The van der Waals surface area contributed by atoms with Crippen LogP contribution in [0.4, 0.5) is 0 Å². The van der Waals surface area contributed by atoms with Crippen molar-refractivity contribution in [2.24, 2.45) is 5.73 Å². The van der Waals surface area contributed by atoms with Crippen LogP contribution in [0.5, 0.6) is 0 Å². The van der Waals surface area contributed by atoms with Crippen molar-refractivity contribution < 1.29 is 13.2 Å². The van der Waals surface area contributed by atoms with Gasteiger partial charge in [0, 0.05) is 0 Å². The summed E-state index contributed by atoms with van der Waals surface area (Å²) in [6.07, 6.45) is 0.453. The third kappa shape index (κ3) is 2.71. The fourth-order valence-corrected chi connectivity index (χ4v) is 1.64. The maximum Gasteiger partial charge on any atom is 0.259 e. The molecule has 0 spiro atoms. The van der Waals surface area contributed by atoms with Gasteiger partial charge in [0.2, 0.25) is 0 Å². The largest absolute Gasteiger partial charge is 0.365 e. The maximum absolute atomic E-state index is 11.0. The van der Waals surface area contributed by atoms with Crippen LogP contribution in [0.15, 0.2) is 11.5 Å². The van der Waals surface area contributed by atoms with Gasteiger partial charge in [-0.25, -0.2) is 8.42 Å². The standard InChI is InChI=1S/C6H11NO3S/c1-3-4-11(9,10)5(2)6(7)8/h2-4H2,1H3,(H2,7,8). The van der Waals surface area contributed by atoms with E-state index in [4.69, 9.17) is 5.73 Å². The van der Waals surface area contributed by atoms with E-state index in [1.807, 2.05) is 0 Å². The van der Waals surface area contributed by atoms with Crippen molar-refractivity contribution in [3.05, 3.63) is 11.5 Å². The first-order valence-electron chi connectivity index (χ1n) is 3.13. The fraction of sp³-hybridized carbons (Fsp3) is 0.500. The number of nitrogens with two attached hydrogens (primary N) is 1. The summed E-state index contributed by atoms with van der Waals surface area (Å²) in [5.41, 5.74) is 4.73. The maximum atomic E-state index is 11.0. The van der Waals surface area contributed by atoms with Gasteiger partial charge in [-0.1, -0.05) is 13.5 Å². The van der Waals surface area contributed by atoms with Crippen molar-refractivity contribution in [3.63, 3.8) is 0 Å². The Morgan fingerprint density at radius 1 is 1.55 bits per heavy atom. The second kappa shape index (κ2) is 3.52. The minimum atomic E-state index is -3.48. The smallest absolute Gasteiger partial charge is 0.259 e. The summed E-state index contributed by atoms with van der Waals surface area (Å²) in [7, 11) is -3.48. The fourth-order valence-electron chi connectivity index (χ4n) is 0.545. The van der Waals surface area contributed by atoms with Crippen LogP contribution in [-0.4, -0.2) is 20.1 Å². The van der Waals surface area contributed by atoms with Crippen LogP contribution < -0.4 is 5.73 Å². The van der Waals surface area contributed by atoms with E-state index in [0.29, 0.717) is 6.42 Å². The van der Waals surface area contributed by atoms with Crippen molar-refractivity contribution in [1.29, 1.82) is 0 Å². The molecule has 0 unspecified atom stereocenters. The Balaban J connectivity index is 4.59. The monoisotopic (exact) mass is 177 g/mol. The zero-order chi connectivity index (χ0) is 9.07. The molecule has 0 aromatic heterocycles. The SMILES string of the molecule is C=C(C(N)=O)S(=O)(=O)CCC. The number of sulfone groups is 1. The molecule has 0 rings (SSSR count). The lowest BCUT2D eigenvalue weighted by molar-refractivity contribution is -0.113. The number of carbonyl (C=O) groups excluding carboxylic acids is 1. The van der Waals surface area contributed by atoms with E-state index in [-0.39, 0.29) is 5.75 Å². The van der Waals surface area contributed by atoms with Gasteiger partial charge in [0.25, 0.3) is 5.91 Å². The van der Waals surface area contributed by atoms with Crippen molar-refractivity contribution in [2.75, 3.05) is 5.75 Å². The number of hydrogen-bond donors (Lipinski definition) is 1. The Hall–Kier alpha value is -0.840. The highest BCUT2D eigenvalue weighted by molar-refractivity contribution is 7.96. The molecule has 1 amide bonds. The van der Waals surface area contributed by atoms with E-state index in [1.165, 1.54) is 0 Å². The van der Waals surface area contributed by atoms with Gasteiger partial charge in [0.1, 0.15) is 4.91 Å². The predicted molar refractivity (Wildman–Crippen MR) is 42.4 cm³/mol. The lowest BCUT2D eigenvalue weighted by atomic mass is 10.6. The van der Waals surface area contributed by atoms with Gasteiger partial charge in [0.05, 0.1) is 5.75 Å². The molecule has 0 aliphatic heterocycles. The van der Waals surface area contributed by atoms with Gasteiger partial charge in [-0.05, 0) is 6.42 Å². The van der Waals surface area contributed by atoms with Crippen LogP contribution in [0.3, 0.4) is 0 Å². The number of rotatable bonds is 4. The molecule has 0 aliphatic carbocycles. The normalized spacial score (nSPS) is 11.0. The topological polar surface area (TPSA) is 77.2 Å². The summed E-state index contributed by atoms with van der Waals surface area (Å²) in [6, 6.07) is 0. The molecule has 64 valence electrons. The second-order valence-corrected chi connectivity index (χ2v) is 4.24. The van der Waals surface area contributed by atoms with Crippen LogP contribution in [0, 0.1) is 0 Å². The van der Waals surface area contributed by atoms with Crippen molar-refractivity contribution in [3.8, 4) is 0 Å². The minimum absolute atomic E-state index is 0.0746. The van der Waals surface area contributed by atoms with E-state index in [2.05, 4.69) is 6.58 Å². The molecule has 2 N–H and O–H groups in total. The third-order valence-electron chi connectivity index (χ3n) is 1.12. The van der Waals surface area contributed by atoms with E-state index >= 15 is 0 Å². The molecule has 0 saturated carbocycles. The molecular weight excluding hydrogens is 166 g/mol. The van der Waals surface area contributed by atoms with E-state index < -0.39 is 20.6 Å². The summed E-state index contributed by atoms with van der Waals surface area (Å²) >= 11 is 0. The van der Waals surface area contributed by atoms with Crippen LogP contribution in [0.1, 0.15) is 13.3 Å². The Labute approximate surface area is 66.0 Å². The van der Waals surface area contributed by atoms with Crippen molar-refractivity contribution >= 4 is 15.7 Å². The third-order valence-corrected chi connectivity index (χ3v) is 3.02. The van der Waals surface area contributed by atoms with Gasteiger partial charge in [-0.15, -0.1) is 0 Å².